The standard InChI is InChI=1S/C25H34BrN5O6Si/c1-36-25(35)27-16-10-11-17-19(14-16)28-20(32)9-7-5-6-8-18(29-24(33)34)23-30-21(17)22(26)31(23)15-37-12-13-38(2,3)4/h5-6,10-11,14,18,29H,7-9,12-13,15H2,1-4H3,(H,27,35)(H,28,32)(H,33,34)/t18-/m0/s1. The monoisotopic (exact) mass is 607 g/mol. The Bertz CT molecular complexity index is 1210. The SMILES string of the molecule is COC(=O)Nc1ccc2c(c1)NC(=O)CCC=CC[C@H](NC(=O)O)c1nc-2c(Br)n1COCC[Si](C)(C)C. The summed E-state index contributed by atoms with van der Waals surface area (Å²) in [6, 6.07) is 5.35. The third-order valence-electron chi connectivity index (χ3n) is 5.82. The predicted octanol–water partition coefficient (Wildman–Crippen LogP) is 5.79. The van der Waals surface area contributed by atoms with E-state index in [4.69, 9.17) is 9.72 Å². The normalized spacial score (nSPS) is 15.8. The lowest BCUT2D eigenvalue weighted by Gasteiger charge is -2.19. The third kappa shape index (κ3) is 8.17. The lowest BCUT2D eigenvalue weighted by Crippen LogP contribution is -2.29. The van der Waals surface area contributed by atoms with Crippen molar-refractivity contribution in [3.63, 3.8) is 0 Å². The van der Waals surface area contributed by atoms with Crippen molar-refractivity contribution >= 4 is 53.5 Å². The van der Waals surface area contributed by atoms with Gasteiger partial charge in [-0.05, 0) is 53.0 Å². The number of anilines is 2. The fourth-order valence-electron chi connectivity index (χ4n) is 3.80. The van der Waals surface area contributed by atoms with Crippen LogP contribution in [-0.4, -0.2) is 54.5 Å². The number of hydrogen-bond donors (Lipinski definition) is 4. The number of rotatable bonds is 7. The van der Waals surface area contributed by atoms with Gasteiger partial charge in [-0.15, -0.1) is 0 Å². The van der Waals surface area contributed by atoms with E-state index in [0.29, 0.717) is 52.5 Å². The molecule has 3 amide bonds. The first-order valence-corrected chi connectivity index (χ1v) is 16.8. The highest BCUT2D eigenvalue weighted by atomic mass is 79.9. The Morgan fingerprint density at radius 1 is 1.29 bits per heavy atom. The molecule has 13 heteroatoms. The zero-order valence-corrected chi connectivity index (χ0v) is 24.6. The van der Waals surface area contributed by atoms with Crippen molar-refractivity contribution in [2.45, 2.75) is 57.7 Å². The van der Waals surface area contributed by atoms with Crippen LogP contribution in [0.3, 0.4) is 0 Å². The quantitative estimate of drug-likeness (QED) is 0.177. The highest BCUT2D eigenvalue weighted by Gasteiger charge is 2.26. The molecule has 2 heterocycles. The minimum Gasteiger partial charge on any atom is -0.465 e. The summed E-state index contributed by atoms with van der Waals surface area (Å²) < 4.78 is 13.1. The number of benzene rings is 1. The maximum atomic E-state index is 12.7. The van der Waals surface area contributed by atoms with Crippen LogP contribution in [0.15, 0.2) is 35.0 Å². The number of nitrogens with one attached hydrogen (secondary N) is 3. The van der Waals surface area contributed by atoms with Gasteiger partial charge in [0.25, 0.3) is 0 Å². The number of carbonyl (C=O) groups excluding carboxylic acids is 2. The zero-order chi connectivity index (χ0) is 27.9. The first-order valence-electron chi connectivity index (χ1n) is 12.3. The van der Waals surface area contributed by atoms with Gasteiger partial charge in [0.2, 0.25) is 5.91 Å². The van der Waals surface area contributed by atoms with Crippen molar-refractivity contribution in [3.05, 3.63) is 40.8 Å². The van der Waals surface area contributed by atoms with E-state index in [2.05, 4.69) is 56.3 Å². The molecule has 0 radical (unpaired) electrons. The summed E-state index contributed by atoms with van der Waals surface area (Å²) >= 11 is 3.65. The Labute approximate surface area is 231 Å². The van der Waals surface area contributed by atoms with Gasteiger partial charge in [-0.3, -0.25) is 14.7 Å². The predicted molar refractivity (Wildman–Crippen MR) is 151 cm³/mol. The molecule has 1 atom stereocenters. The Hall–Kier alpha value is -3.16. The first kappa shape index (κ1) is 29.4. The van der Waals surface area contributed by atoms with Gasteiger partial charge in [-0.2, -0.15) is 0 Å². The maximum absolute atomic E-state index is 12.7. The Kier molecular flexibility index (Phi) is 10.1. The van der Waals surface area contributed by atoms with Crippen LogP contribution in [-0.2, 0) is 21.0 Å². The van der Waals surface area contributed by atoms with E-state index in [0.717, 1.165) is 6.04 Å². The number of methoxy groups -OCH3 is 1. The largest absolute Gasteiger partial charge is 0.465 e. The van der Waals surface area contributed by atoms with E-state index in [1.165, 1.54) is 7.11 Å². The van der Waals surface area contributed by atoms with Crippen LogP contribution in [0.5, 0.6) is 0 Å². The summed E-state index contributed by atoms with van der Waals surface area (Å²) in [5.74, 6) is 0.260. The number of carbonyl (C=O) groups is 3. The number of hydrogen-bond acceptors (Lipinski definition) is 6. The Morgan fingerprint density at radius 2 is 2.05 bits per heavy atom. The van der Waals surface area contributed by atoms with Crippen LogP contribution in [0.1, 0.15) is 31.1 Å². The summed E-state index contributed by atoms with van der Waals surface area (Å²) in [5, 5.41) is 17.6. The molecule has 2 bridgehead atoms. The second-order valence-corrected chi connectivity index (χ2v) is 16.4. The van der Waals surface area contributed by atoms with Gasteiger partial charge >= 0.3 is 12.2 Å². The number of aromatic nitrogens is 2. The molecule has 0 unspecified atom stereocenters. The smallest absolute Gasteiger partial charge is 0.411 e. The first-order chi connectivity index (χ1) is 18.0. The van der Waals surface area contributed by atoms with Crippen LogP contribution in [0.25, 0.3) is 11.3 Å². The van der Waals surface area contributed by atoms with E-state index in [9.17, 15) is 19.5 Å². The number of nitrogens with zero attached hydrogens (tertiary/aromatic N) is 2. The molecule has 38 heavy (non-hydrogen) atoms. The molecule has 0 saturated heterocycles. The maximum Gasteiger partial charge on any atom is 0.411 e. The van der Waals surface area contributed by atoms with Gasteiger partial charge in [-0.25, -0.2) is 14.6 Å². The van der Waals surface area contributed by atoms with Gasteiger partial charge in [0.1, 0.15) is 22.9 Å². The van der Waals surface area contributed by atoms with Crippen LogP contribution in [0.2, 0.25) is 25.7 Å². The average molecular weight is 609 g/mol. The van der Waals surface area contributed by atoms with Crippen molar-refractivity contribution in [1.82, 2.24) is 14.9 Å². The van der Waals surface area contributed by atoms with Gasteiger partial charge in [-0.1, -0.05) is 31.8 Å². The summed E-state index contributed by atoms with van der Waals surface area (Å²) in [5.41, 5.74) is 1.94. The molecule has 2 aromatic rings. The molecule has 1 aromatic carbocycles. The summed E-state index contributed by atoms with van der Waals surface area (Å²) in [7, 11) is -0.0440. The van der Waals surface area contributed by atoms with Crippen LogP contribution >= 0.6 is 15.9 Å². The molecule has 206 valence electrons. The number of halogens is 1. The van der Waals surface area contributed by atoms with Crippen molar-refractivity contribution in [2.75, 3.05) is 24.4 Å². The fourth-order valence-corrected chi connectivity index (χ4v) is 5.14. The number of fused-ring (bicyclic) bond motifs is 4. The summed E-state index contributed by atoms with van der Waals surface area (Å²) in [6.45, 7) is 7.54. The van der Waals surface area contributed by atoms with E-state index in [-0.39, 0.29) is 19.1 Å². The number of ether oxygens (including phenoxy) is 2. The average Bonchev–Trinajstić information content (AvgIpc) is 3.15. The van der Waals surface area contributed by atoms with E-state index in [1.807, 2.05) is 12.2 Å². The molecule has 0 aliphatic carbocycles. The minimum atomic E-state index is -1.31. The van der Waals surface area contributed by atoms with Crippen molar-refractivity contribution in [1.29, 1.82) is 0 Å². The molecule has 1 aromatic heterocycles. The molecular formula is C25H34BrN5O6Si. The molecule has 3 rings (SSSR count). The molecular weight excluding hydrogens is 574 g/mol. The zero-order valence-electron chi connectivity index (χ0n) is 22.0. The highest BCUT2D eigenvalue weighted by Crippen LogP contribution is 2.37. The van der Waals surface area contributed by atoms with Gasteiger partial charge < -0.3 is 25.2 Å². The second-order valence-electron chi connectivity index (χ2n) is 10.1. The third-order valence-corrected chi connectivity index (χ3v) is 8.33. The number of allylic oxidation sites excluding steroid dienone is 1. The van der Waals surface area contributed by atoms with E-state index >= 15 is 0 Å². The Balaban J connectivity index is 2.11. The molecule has 0 fully saturated rings. The highest BCUT2D eigenvalue weighted by molar-refractivity contribution is 9.10. The van der Waals surface area contributed by atoms with Crippen LogP contribution < -0.4 is 16.0 Å². The fraction of sp³-hybridized carbons (Fsp3) is 0.440. The summed E-state index contributed by atoms with van der Waals surface area (Å²) in [6.07, 6.45) is 2.93. The molecule has 1 aliphatic heterocycles. The summed E-state index contributed by atoms with van der Waals surface area (Å²) in [4.78, 5) is 41.0. The molecule has 11 nitrogen and oxygen atoms in total. The lowest BCUT2D eigenvalue weighted by atomic mass is 10.1. The molecule has 1 aliphatic rings. The molecule has 0 saturated carbocycles. The molecule has 4 N–H and O–H groups in total. The van der Waals surface area contributed by atoms with Crippen molar-refractivity contribution in [3.8, 4) is 11.3 Å². The van der Waals surface area contributed by atoms with E-state index in [1.54, 1.807) is 22.8 Å². The topological polar surface area (TPSA) is 144 Å². The number of imidazole rings is 1. The molecule has 0 spiro atoms. The van der Waals surface area contributed by atoms with Crippen molar-refractivity contribution in [2.24, 2.45) is 0 Å². The number of carboxylic acid groups (broad SMARTS) is 1. The number of amides is 3. The van der Waals surface area contributed by atoms with Crippen LogP contribution in [0, 0.1) is 0 Å². The van der Waals surface area contributed by atoms with E-state index < -0.39 is 26.3 Å². The van der Waals surface area contributed by atoms with Gasteiger partial charge in [0.15, 0.2) is 0 Å². The van der Waals surface area contributed by atoms with Crippen molar-refractivity contribution < 1.29 is 29.0 Å². The second kappa shape index (κ2) is 13.1. The van der Waals surface area contributed by atoms with Gasteiger partial charge in [0.05, 0.1) is 18.8 Å². The van der Waals surface area contributed by atoms with Crippen LogP contribution in [0.4, 0.5) is 21.0 Å². The van der Waals surface area contributed by atoms with Gasteiger partial charge in [0, 0.05) is 32.4 Å². The lowest BCUT2D eigenvalue weighted by molar-refractivity contribution is -0.116. The minimum absolute atomic E-state index is 0.165. The Morgan fingerprint density at radius 3 is 2.74 bits per heavy atom.